The van der Waals surface area contributed by atoms with Crippen LogP contribution in [0.4, 0.5) is 8.78 Å². The fourth-order valence-electron chi connectivity index (χ4n) is 1.33. The summed E-state index contributed by atoms with van der Waals surface area (Å²) in [5.41, 5.74) is 0.926. The van der Waals surface area contributed by atoms with Gasteiger partial charge in [0, 0.05) is 0 Å². The first kappa shape index (κ1) is 12.0. The van der Waals surface area contributed by atoms with Crippen molar-refractivity contribution in [1.29, 1.82) is 0 Å². The first-order valence-corrected chi connectivity index (χ1v) is 6.20. The van der Waals surface area contributed by atoms with Crippen molar-refractivity contribution >= 4 is 18.5 Å². The molecule has 0 saturated heterocycles. The highest BCUT2D eigenvalue weighted by Gasteiger charge is 2.11. The van der Waals surface area contributed by atoms with E-state index in [1.165, 1.54) is 0 Å². The summed E-state index contributed by atoms with van der Waals surface area (Å²) in [5.74, 6) is -1.35. The SMILES string of the molecule is Fc1c(CCP)ccc(CCP)c1F. The topological polar surface area (TPSA) is 0 Å². The molecule has 4 heteroatoms. The van der Waals surface area contributed by atoms with Crippen molar-refractivity contribution in [2.75, 3.05) is 12.3 Å². The highest BCUT2D eigenvalue weighted by atomic mass is 31.0. The Kier molecular flexibility index (Phi) is 4.92. The largest absolute Gasteiger partial charge is 0.203 e. The van der Waals surface area contributed by atoms with Gasteiger partial charge in [0.25, 0.3) is 0 Å². The van der Waals surface area contributed by atoms with Crippen LogP contribution in [0.1, 0.15) is 11.1 Å². The molecule has 0 heterocycles. The Morgan fingerprint density at radius 2 is 1.21 bits per heavy atom. The van der Waals surface area contributed by atoms with Crippen LogP contribution in [0.15, 0.2) is 12.1 Å². The molecule has 2 atom stereocenters. The van der Waals surface area contributed by atoms with E-state index in [4.69, 9.17) is 0 Å². The van der Waals surface area contributed by atoms with Crippen molar-refractivity contribution < 1.29 is 8.78 Å². The van der Waals surface area contributed by atoms with Gasteiger partial charge in [-0.1, -0.05) is 12.1 Å². The van der Waals surface area contributed by atoms with E-state index in [-0.39, 0.29) is 0 Å². The number of hydrogen-bond donors (Lipinski definition) is 0. The maximum Gasteiger partial charge on any atom is 0.162 e. The predicted octanol–water partition coefficient (Wildman–Crippen LogP) is 2.80. The van der Waals surface area contributed by atoms with Crippen LogP contribution < -0.4 is 0 Å². The number of rotatable bonds is 4. The van der Waals surface area contributed by atoms with Crippen molar-refractivity contribution in [2.24, 2.45) is 0 Å². The summed E-state index contributed by atoms with van der Waals surface area (Å²) in [4.78, 5) is 0. The van der Waals surface area contributed by atoms with Gasteiger partial charge in [-0.15, -0.1) is 18.5 Å². The maximum atomic E-state index is 13.4. The molecule has 0 N–H and O–H groups in total. The third kappa shape index (κ3) is 2.72. The Labute approximate surface area is 87.9 Å². The standard InChI is InChI=1S/C10H14F2P2/c11-9-7(3-5-13)1-2-8(4-6-14)10(9)12/h1-2H,3-6,13-14H2. The van der Waals surface area contributed by atoms with Crippen molar-refractivity contribution in [1.82, 2.24) is 0 Å². The van der Waals surface area contributed by atoms with Gasteiger partial charge < -0.3 is 0 Å². The maximum absolute atomic E-state index is 13.4. The molecule has 0 aliphatic carbocycles. The lowest BCUT2D eigenvalue weighted by Gasteiger charge is -2.06. The first-order valence-electron chi connectivity index (χ1n) is 4.56. The lowest BCUT2D eigenvalue weighted by Crippen LogP contribution is -2.00. The summed E-state index contributed by atoms with van der Waals surface area (Å²) in [5, 5.41) is 0. The molecule has 0 aliphatic rings. The molecule has 1 aromatic rings. The van der Waals surface area contributed by atoms with Gasteiger partial charge in [0.1, 0.15) is 0 Å². The van der Waals surface area contributed by atoms with Crippen LogP contribution in [-0.2, 0) is 12.8 Å². The zero-order valence-corrected chi connectivity index (χ0v) is 10.2. The van der Waals surface area contributed by atoms with Gasteiger partial charge in [-0.2, -0.15) is 0 Å². The normalized spacial score (nSPS) is 10.6. The molecule has 0 radical (unpaired) electrons. The Morgan fingerprint density at radius 1 is 0.857 bits per heavy atom. The van der Waals surface area contributed by atoms with E-state index in [2.05, 4.69) is 18.5 Å². The molecule has 0 saturated carbocycles. The number of aryl methyl sites for hydroxylation is 2. The van der Waals surface area contributed by atoms with Crippen LogP contribution in [0.5, 0.6) is 0 Å². The molecule has 0 aliphatic heterocycles. The molecule has 0 nitrogen and oxygen atoms in total. The second kappa shape index (κ2) is 5.73. The molecule has 0 amide bonds. The van der Waals surface area contributed by atoms with Crippen molar-refractivity contribution in [2.45, 2.75) is 12.8 Å². The van der Waals surface area contributed by atoms with Gasteiger partial charge in [0.15, 0.2) is 11.6 Å². The monoisotopic (exact) mass is 234 g/mol. The van der Waals surface area contributed by atoms with Crippen LogP contribution >= 0.6 is 18.5 Å². The quantitative estimate of drug-likeness (QED) is 0.703. The predicted molar refractivity (Wildman–Crippen MR) is 62.9 cm³/mol. The minimum absolute atomic E-state index is 0.463. The molecule has 0 aromatic heterocycles. The Balaban J connectivity index is 2.99. The fourth-order valence-corrected chi connectivity index (χ4v) is 1.95. The van der Waals surface area contributed by atoms with Crippen molar-refractivity contribution in [3.63, 3.8) is 0 Å². The molecule has 0 bridgehead atoms. The van der Waals surface area contributed by atoms with Gasteiger partial charge in [-0.25, -0.2) is 8.78 Å². The van der Waals surface area contributed by atoms with Gasteiger partial charge in [0.2, 0.25) is 0 Å². The zero-order chi connectivity index (χ0) is 10.6. The third-order valence-electron chi connectivity index (χ3n) is 2.07. The summed E-state index contributed by atoms with van der Waals surface area (Å²) >= 11 is 0. The second-order valence-corrected chi connectivity index (χ2v) is 4.24. The minimum atomic E-state index is -0.677. The van der Waals surface area contributed by atoms with Crippen molar-refractivity contribution in [3.05, 3.63) is 34.9 Å². The van der Waals surface area contributed by atoms with Gasteiger partial charge in [-0.3, -0.25) is 0 Å². The van der Waals surface area contributed by atoms with Crippen molar-refractivity contribution in [3.8, 4) is 0 Å². The number of hydrogen-bond acceptors (Lipinski definition) is 0. The summed E-state index contributed by atoms with van der Waals surface area (Å²) in [6.07, 6.45) is 2.63. The average Bonchev–Trinajstić information content (AvgIpc) is 2.18. The average molecular weight is 234 g/mol. The summed E-state index contributed by atoms with van der Waals surface area (Å²) in [6.45, 7) is 0. The van der Waals surface area contributed by atoms with E-state index < -0.39 is 11.6 Å². The smallest absolute Gasteiger partial charge is 0.162 e. The van der Waals surface area contributed by atoms with E-state index in [1.807, 2.05) is 0 Å². The van der Waals surface area contributed by atoms with E-state index in [9.17, 15) is 8.78 Å². The molecular formula is C10H14F2P2. The Bertz CT molecular complexity index is 282. The summed E-state index contributed by atoms with van der Waals surface area (Å²) < 4.78 is 26.8. The van der Waals surface area contributed by atoms with Gasteiger partial charge in [0.05, 0.1) is 0 Å². The lowest BCUT2D eigenvalue weighted by atomic mass is 10.1. The van der Waals surface area contributed by atoms with Crippen LogP contribution in [0, 0.1) is 11.6 Å². The van der Waals surface area contributed by atoms with Crippen LogP contribution in [-0.4, -0.2) is 12.3 Å². The molecule has 2 unspecified atom stereocenters. The lowest BCUT2D eigenvalue weighted by molar-refractivity contribution is 0.492. The van der Waals surface area contributed by atoms with Crippen LogP contribution in [0.2, 0.25) is 0 Å². The third-order valence-corrected chi connectivity index (χ3v) is 2.65. The molecule has 14 heavy (non-hydrogen) atoms. The highest BCUT2D eigenvalue weighted by Crippen LogP contribution is 2.18. The minimum Gasteiger partial charge on any atom is -0.203 e. The highest BCUT2D eigenvalue weighted by molar-refractivity contribution is 7.16. The van der Waals surface area contributed by atoms with Crippen LogP contribution in [0.3, 0.4) is 0 Å². The molecule has 1 aromatic carbocycles. The molecular weight excluding hydrogens is 220 g/mol. The summed E-state index contributed by atoms with van der Waals surface area (Å²) in [6, 6.07) is 3.36. The molecule has 0 spiro atoms. The summed E-state index contributed by atoms with van der Waals surface area (Å²) in [7, 11) is 5.02. The van der Waals surface area contributed by atoms with Gasteiger partial charge >= 0.3 is 0 Å². The Hall–Kier alpha value is -0.0600. The fraction of sp³-hybridized carbons (Fsp3) is 0.400. The first-order chi connectivity index (χ1) is 6.70. The number of halogens is 2. The van der Waals surface area contributed by atoms with E-state index in [0.29, 0.717) is 24.0 Å². The van der Waals surface area contributed by atoms with Crippen LogP contribution in [0.25, 0.3) is 0 Å². The number of benzene rings is 1. The molecule has 1 rings (SSSR count). The molecule has 0 fully saturated rings. The Morgan fingerprint density at radius 3 is 1.50 bits per heavy atom. The van der Waals surface area contributed by atoms with E-state index in [0.717, 1.165) is 12.3 Å². The molecule has 78 valence electrons. The second-order valence-electron chi connectivity index (χ2n) is 3.09. The zero-order valence-electron chi connectivity index (χ0n) is 7.89. The van der Waals surface area contributed by atoms with Gasteiger partial charge in [-0.05, 0) is 36.3 Å². The van der Waals surface area contributed by atoms with E-state index >= 15 is 0 Å². The van der Waals surface area contributed by atoms with E-state index in [1.54, 1.807) is 12.1 Å².